The van der Waals surface area contributed by atoms with Crippen LogP contribution in [0.2, 0.25) is 0 Å². The Bertz CT molecular complexity index is 1450. The summed E-state index contributed by atoms with van der Waals surface area (Å²) in [6.45, 7) is 10.2. The summed E-state index contributed by atoms with van der Waals surface area (Å²) in [6.07, 6.45) is 0. The van der Waals surface area contributed by atoms with Gasteiger partial charge in [0, 0.05) is 35.0 Å². The molecule has 4 rings (SSSR count). The molecule has 0 spiro atoms. The fraction of sp³-hybridized carbons (Fsp3) is 0.300. The Morgan fingerprint density at radius 2 is 1.72 bits per heavy atom. The van der Waals surface area contributed by atoms with Gasteiger partial charge in [-0.3, -0.25) is 4.79 Å². The number of carbonyl (C=O) groups is 2. The van der Waals surface area contributed by atoms with E-state index in [1.807, 2.05) is 77.1 Å². The van der Waals surface area contributed by atoms with E-state index in [4.69, 9.17) is 14.5 Å². The molecule has 0 unspecified atom stereocenters. The third-order valence-electron chi connectivity index (χ3n) is 6.56. The summed E-state index contributed by atoms with van der Waals surface area (Å²) in [4.78, 5) is 31.1. The lowest BCUT2D eigenvalue weighted by atomic mass is 9.99. The zero-order valence-corrected chi connectivity index (χ0v) is 21.7. The molecule has 0 amide bonds. The van der Waals surface area contributed by atoms with Crippen LogP contribution < -0.4 is 0 Å². The molecule has 0 saturated heterocycles. The molecule has 0 saturated carbocycles. The number of ketones is 1. The van der Waals surface area contributed by atoms with Gasteiger partial charge in [-0.05, 0) is 58.4 Å². The molecule has 0 aliphatic rings. The first-order valence-corrected chi connectivity index (χ1v) is 12.1. The van der Waals surface area contributed by atoms with E-state index in [1.54, 1.807) is 13.2 Å². The number of fused-ring (bicyclic) bond motifs is 1. The molecule has 0 bridgehead atoms. The molecule has 4 aromatic rings. The van der Waals surface area contributed by atoms with Gasteiger partial charge in [0.05, 0.1) is 29.4 Å². The molecule has 2 aromatic heterocycles. The molecule has 0 fully saturated rings. The Hall–Kier alpha value is -3.77. The minimum absolute atomic E-state index is 0.0888. The molecular formula is C30H32N2O4. The van der Waals surface area contributed by atoms with Crippen LogP contribution in [0.5, 0.6) is 0 Å². The Kier molecular flexibility index (Phi) is 7.36. The number of Topliss-reactive ketones (excluding diaryl/α,β-unsaturated/α-hetero) is 1. The standard InChI is InChI=1S/C30H32N2O4/c1-18-11-12-23(19(2)13-18)28-15-26(24-9-7-8-10-27(24)31-28)30(34)36-17-29(33)25-14-20(3)32(22(25)5)21(4)16-35-6/h7-15,21H,16-17H2,1-6H3/t21-/m1/s1. The van der Waals surface area contributed by atoms with E-state index in [0.717, 1.165) is 28.1 Å². The normalized spacial score (nSPS) is 12.1. The van der Waals surface area contributed by atoms with Gasteiger partial charge in [0.25, 0.3) is 0 Å². The molecule has 2 aromatic carbocycles. The molecular weight excluding hydrogens is 452 g/mol. The second-order valence-corrected chi connectivity index (χ2v) is 9.35. The SMILES string of the molecule is COC[C@@H](C)n1c(C)cc(C(=O)COC(=O)c2cc(-c3ccc(C)cc3C)nc3ccccc23)c1C. The maximum atomic E-state index is 13.2. The lowest BCUT2D eigenvalue weighted by Crippen LogP contribution is -2.17. The molecule has 0 aliphatic carbocycles. The van der Waals surface area contributed by atoms with Crippen LogP contribution in [0.4, 0.5) is 0 Å². The fourth-order valence-corrected chi connectivity index (χ4v) is 4.92. The summed E-state index contributed by atoms with van der Waals surface area (Å²) in [5, 5.41) is 0.690. The van der Waals surface area contributed by atoms with Crippen molar-refractivity contribution in [2.75, 3.05) is 20.3 Å². The van der Waals surface area contributed by atoms with Crippen molar-refractivity contribution >= 4 is 22.7 Å². The molecule has 0 radical (unpaired) electrons. The van der Waals surface area contributed by atoms with Crippen LogP contribution in [0.1, 0.15) is 56.2 Å². The highest BCUT2D eigenvalue weighted by atomic mass is 16.5. The van der Waals surface area contributed by atoms with Gasteiger partial charge in [-0.2, -0.15) is 0 Å². The van der Waals surface area contributed by atoms with Crippen LogP contribution in [0, 0.1) is 27.7 Å². The molecule has 6 heteroatoms. The van der Waals surface area contributed by atoms with Crippen LogP contribution in [0.15, 0.2) is 54.6 Å². The van der Waals surface area contributed by atoms with Crippen LogP contribution >= 0.6 is 0 Å². The molecule has 36 heavy (non-hydrogen) atoms. The van der Waals surface area contributed by atoms with Crippen molar-refractivity contribution < 1.29 is 19.1 Å². The number of benzene rings is 2. The number of hydrogen-bond acceptors (Lipinski definition) is 5. The summed E-state index contributed by atoms with van der Waals surface area (Å²) in [5.41, 5.74) is 7.32. The van der Waals surface area contributed by atoms with E-state index in [9.17, 15) is 9.59 Å². The molecule has 2 heterocycles. The largest absolute Gasteiger partial charge is 0.454 e. The van der Waals surface area contributed by atoms with Crippen molar-refractivity contribution in [3.8, 4) is 11.3 Å². The van der Waals surface area contributed by atoms with Crippen molar-refractivity contribution in [2.24, 2.45) is 0 Å². The predicted molar refractivity (Wildman–Crippen MR) is 142 cm³/mol. The van der Waals surface area contributed by atoms with Crippen molar-refractivity contribution in [2.45, 2.75) is 40.7 Å². The molecule has 1 atom stereocenters. The quantitative estimate of drug-likeness (QED) is 0.220. The van der Waals surface area contributed by atoms with Crippen LogP contribution in [-0.4, -0.2) is 41.6 Å². The predicted octanol–water partition coefficient (Wildman–Crippen LogP) is 6.18. The first kappa shape index (κ1) is 25.3. The van der Waals surface area contributed by atoms with Crippen LogP contribution in [0.3, 0.4) is 0 Å². The number of nitrogens with zero attached hydrogens (tertiary/aromatic N) is 2. The van der Waals surface area contributed by atoms with Gasteiger partial charge in [0.1, 0.15) is 0 Å². The van der Waals surface area contributed by atoms with Gasteiger partial charge >= 0.3 is 5.97 Å². The highest BCUT2D eigenvalue weighted by Crippen LogP contribution is 2.28. The molecule has 6 nitrogen and oxygen atoms in total. The van der Waals surface area contributed by atoms with Crippen molar-refractivity contribution in [1.82, 2.24) is 9.55 Å². The maximum Gasteiger partial charge on any atom is 0.339 e. The summed E-state index contributed by atoms with van der Waals surface area (Å²) in [6, 6.07) is 17.3. The smallest absolute Gasteiger partial charge is 0.339 e. The second kappa shape index (κ2) is 10.5. The Balaban J connectivity index is 1.62. The number of hydrogen-bond donors (Lipinski definition) is 0. The number of para-hydroxylation sites is 1. The van der Waals surface area contributed by atoms with Crippen molar-refractivity contribution in [1.29, 1.82) is 0 Å². The van der Waals surface area contributed by atoms with Crippen LogP contribution in [0.25, 0.3) is 22.2 Å². The van der Waals surface area contributed by atoms with Gasteiger partial charge in [-0.15, -0.1) is 0 Å². The van der Waals surface area contributed by atoms with E-state index >= 15 is 0 Å². The zero-order chi connectivity index (χ0) is 26.0. The number of methoxy groups -OCH3 is 1. The van der Waals surface area contributed by atoms with E-state index in [0.29, 0.717) is 34.3 Å². The van der Waals surface area contributed by atoms with E-state index in [1.165, 1.54) is 0 Å². The number of esters is 1. The van der Waals surface area contributed by atoms with Gasteiger partial charge in [0.15, 0.2) is 6.61 Å². The van der Waals surface area contributed by atoms with Gasteiger partial charge in [-0.25, -0.2) is 9.78 Å². The lowest BCUT2D eigenvalue weighted by Gasteiger charge is -2.17. The fourth-order valence-electron chi connectivity index (χ4n) is 4.92. The van der Waals surface area contributed by atoms with Crippen molar-refractivity contribution in [3.05, 3.63) is 88.2 Å². The Morgan fingerprint density at radius 3 is 2.44 bits per heavy atom. The highest BCUT2D eigenvalue weighted by Gasteiger charge is 2.21. The van der Waals surface area contributed by atoms with Gasteiger partial charge in [-0.1, -0.05) is 42.0 Å². The third kappa shape index (κ3) is 4.95. The molecule has 0 aliphatic heterocycles. The number of aromatic nitrogens is 2. The molecule has 0 N–H and O–H groups in total. The van der Waals surface area contributed by atoms with E-state index in [2.05, 4.69) is 10.6 Å². The average molecular weight is 485 g/mol. The maximum absolute atomic E-state index is 13.2. The minimum Gasteiger partial charge on any atom is -0.454 e. The number of pyridine rings is 1. The number of aryl methyl sites for hydroxylation is 3. The number of ether oxygens (including phenoxy) is 2. The monoisotopic (exact) mass is 484 g/mol. The van der Waals surface area contributed by atoms with Gasteiger partial charge in [0.2, 0.25) is 5.78 Å². The lowest BCUT2D eigenvalue weighted by molar-refractivity contribution is 0.0476. The zero-order valence-electron chi connectivity index (χ0n) is 21.7. The van der Waals surface area contributed by atoms with E-state index < -0.39 is 5.97 Å². The summed E-state index contributed by atoms with van der Waals surface area (Å²) >= 11 is 0. The summed E-state index contributed by atoms with van der Waals surface area (Å²) < 4.78 is 12.9. The van der Waals surface area contributed by atoms with Gasteiger partial charge < -0.3 is 14.0 Å². The number of rotatable bonds is 8. The average Bonchev–Trinajstić information content (AvgIpc) is 3.15. The first-order valence-electron chi connectivity index (χ1n) is 12.1. The van der Waals surface area contributed by atoms with Crippen LogP contribution in [-0.2, 0) is 9.47 Å². The summed E-state index contributed by atoms with van der Waals surface area (Å²) in [5.74, 6) is -0.783. The molecule has 186 valence electrons. The van der Waals surface area contributed by atoms with E-state index in [-0.39, 0.29) is 18.4 Å². The topological polar surface area (TPSA) is 70.4 Å². The second-order valence-electron chi connectivity index (χ2n) is 9.35. The Labute approximate surface area is 211 Å². The van der Waals surface area contributed by atoms with Crippen molar-refractivity contribution in [3.63, 3.8) is 0 Å². The first-order chi connectivity index (χ1) is 17.2. The highest BCUT2D eigenvalue weighted by molar-refractivity contribution is 6.06. The summed E-state index contributed by atoms with van der Waals surface area (Å²) in [7, 11) is 1.66. The number of carbonyl (C=O) groups excluding carboxylic acids is 2. The minimum atomic E-state index is -0.547. The Morgan fingerprint density at radius 1 is 0.972 bits per heavy atom. The third-order valence-corrected chi connectivity index (χ3v) is 6.56.